The van der Waals surface area contributed by atoms with Gasteiger partial charge in [0.05, 0.1) is 17.8 Å². The van der Waals surface area contributed by atoms with Gasteiger partial charge in [0.1, 0.15) is 0 Å². The minimum Gasteiger partial charge on any atom is -0.317 e. The Kier molecular flexibility index (Phi) is 2.62. The smallest absolute Gasteiger partial charge is 0.0685 e. The zero-order valence-electron chi connectivity index (χ0n) is 9.39. The summed E-state index contributed by atoms with van der Waals surface area (Å²) < 4.78 is 2.21. The third-order valence-corrected chi connectivity index (χ3v) is 3.40. The number of rotatable bonds is 1. The molecule has 1 aliphatic rings. The van der Waals surface area contributed by atoms with Gasteiger partial charge >= 0.3 is 0 Å². The molecular formula is C13H17N3. The molecule has 1 N–H and O–H groups in total. The summed E-state index contributed by atoms with van der Waals surface area (Å²) in [5, 5.41) is 9.25. The SMILES string of the molecule is c1ccc2c(c1)cnn2C1CCCNCC1. The van der Waals surface area contributed by atoms with E-state index in [4.69, 9.17) is 0 Å². The molecule has 0 saturated carbocycles. The van der Waals surface area contributed by atoms with E-state index in [0.29, 0.717) is 6.04 Å². The molecule has 84 valence electrons. The van der Waals surface area contributed by atoms with E-state index in [1.807, 2.05) is 6.20 Å². The molecule has 0 bridgehead atoms. The van der Waals surface area contributed by atoms with Crippen LogP contribution in [0.2, 0.25) is 0 Å². The van der Waals surface area contributed by atoms with Crippen molar-refractivity contribution in [1.82, 2.24) is 15.1 Å². The van der Waals surface area contributed by atoms with Crippen molar-refractivity contribution in [3.63, 3.8) is 0 Å². The molecule has 16 heavy (non-hydrogen) atoms. The van der Waals surface area contributed by atoms with Crippen LogP contribution in [0.15, 0.2) is 30.5 Å². The van der Waals surface area contributed by atoms with E-state index in [1.54, 1.807) is 0 Å². The van der Waals surface area contributed by atoms with Gasteiger partial charge in [-0.15, -0.1) is 0 Å². The van der Waals surface area contributed by atoms with E-state index >= 15 is 0 Å². The molecule has 2 heterocycles. The first-order valence-corrected chi connectivity index (χ1v) is 6.08. The maximum atomic E-state index is 4.55. The first-order chi connectivity index (χ1) is 7.95. The summed E-state index contributed by atoms with van der Waals surface area (Å²) in [6, 6.07) is 9.03. The van der Waals surface area contributed by atoms with Crippen LogP contribution < -0.4 is 5.32 Å². The Morgan fingerprint density at radius 1 is 1.19 bits per heavy atom. The number of aromatic nitrogens is 2. The van der Waals surface area contributed by atoms with Gasteiger partial charge in [-0.1, -0.05) is 18.2 Å². The third kappa shape index (κ3) is 1.71. The Balaban J connectivity index is 1.97. The molecule has 1 aliphatic heterocycles. The van der Waals surface area contributed by atoms with Crippen LogP contribution in [0.25, 0.3) is 10.9 Å². The topological polar surface area (TPSA) is 29.9 Å². The van der Waals surface area contributed by atoms with Gasteiger partial charge in [-0.2, -0.15) is 5.10 Å². The van der Waals surface area contributed by atoms with Crippen molar-refractivity contribution in [2.75, 3.05) is 13.1 Å². The number of nitrogens with one attached hydrogen (secondary N) is 1. The van der Waals surface area contributed by atoms with Gasteiger partial charge in [0.2, 0.25) is 0 Å². The fraction of sp³-hybridized carbons (Fsp3) is 0.462. The maximum absolute atomic E-state index is 4.55. The number of benzene rings is 1. The Morgan fingerprint density at radius 2 is 2.12 bits per heavy atom. The summed E-state index contributed by atoms with van der Waals surface area (Å²) in [7, 11) is 0. The van der Waals surface area contributed by atoms with E-state index in [-0.39, 0.29) is 0 Å². The second-order valence-electron chi connectivity index (χ2n) is 4.48. The van der Waals surface area contributed by atoms with Crippen molar-refractivity contribution >= 4 is 10.9 Å². The Morgan fingerprint density at radius 3 is 3.12 bits per heavy atom. The second kappa shape index (κ2) is 4.26. The zero-order chi connectivity index (χ0) is 10.8. The van der Waals surface area contributed by atoms with E-state index < -0.39 is 0 Å². The lowest BCUT2D eigenvalue weighted by atomic mass is 10.1. The molecule has 1 aromatic heterocycles. The highest BCUT2D eigenvalue weighted by Crippen LogP contribution is 2.24. The van der Waals surface area contributed by atoms with Crippen molar-refractivity contribution < 1.29 is 0 Å². The van der Waals surface area contributed by atoms with Gasteiger partial charge in [-0.3, -0.25) is 4.68 Å². The second-order valence-corrected chi connectivity index (χ2v) is 4.48. The normalized spacial score (nSPS) is 22.1. The van der Waals surface area contributed by atoms with E-state index in [2.05, 4.69) is 39.4 Å². The van der Waals surface area contributed by atoms with Gasteiger partial charge in [-0.05, 0) is 38.4 Å². The minimum atomic E-state index is 0.565. The molecular weight excluding hydrogens is 198 g/mol. The first kappa shape index (κ1) is 9.85. The van der Waals surface area contributed by atoms with Gasteiger partial charge in [0.15, 0.2) is 0 Å². The molecule has 0 amide bonds. The monoisotopic (exact) mass is 215 g/mol. The highest BCUT2D eigenvalue weighted by molar-refractivity contribution is 5.78. The molecule has 0 aliphatic carbocycles. The number of para-hydroxylation sites is 1. The van der Waals surface area contributed by atoms with Crippen molar-refractivity contribution in [2.45, 2.75) is 25.3 Å². The molecule has 3 rings (SSSR count). The van der Waals surface area contributed by atoms with Crippen molar-refractivity contribution in [3.05, 3.63) is 30.5 Å². The minimum absolute atomic E-state index is 0.565. The van der Waals surface area contributed by atoms with Crippen LogP contribution in [0.4, 0.5) is 0 Å². The van der Waals surface area contributed by atoms with E-state index in [1.165, 1.54) is 30.2 Å². The van der Waals surface area contributed by atoms with Crippen molar-refractivity contribution in [3.8, 4) is 0 Å². The number of nitrogens with zero attached hydrogens (tertiary/aromatic N) is 2. The van der Waals surface area contributed by atoms with Gasteiger partial charge in [0, 0.05) is 5.39 Å². The summed E-state index contributed by atoms with van der Waals surface area (Å²) in [5.74, 6) is 0. The highest BCUT2D eigenvalue weighted by atomic mass is 15.3. The predicted octanol–water partition coefficient (Wildman–Crippen LogP) is 2.35. The molecule has 0 spiro atoms. The van der Waals surface area contributed by atoms with Crippen molar-refractivity contribution in [2.24, 2.45) is 0 Å². The number of hydrogen-bond acceptors (Lipinski definition) is 2. The molecule has 1 aromatic carbocycles. The molecule has 1 fully saturated rings. The molecule has 3 nitrogen and oxygen atoms in total. The van der Waals surface area contributed by atoms with Crippen LogP contribution in [-0.4, -0.2) is 22.9 Å². The van der Waals surface area contributed by atoms with Crippen LogP contribution in [0.1, 0.15) is 25.3 Å². The summed E-state index contributed by atoms with van der Waals surface area (Å²) in [6.07, 6.45) is 5.65. The van der Waals surface area contributed by atoms with Crippen LogP contribution in [0.5, 0.6) is 0 Å². The third-order valence-electron chi connectivity index (χ3n) is 3.40. The zero-order valence-corrected chi connectivity index (χ0v) is 9.39. The van der Waals surface area contributed by atoms with Gasteiger partial charge < -0.3 is 5.32 Å². The predicted molar refractivity (Wildman–Crippen MR) is 65.5 cm³/mol. The lowest BCUT2D eigenvalue weighted by Crippen LogP contribution is -2.15. The Labute approximate surface area is 95.5 Å². The standard InChI is InChI=1S/C13H17N3/c1-2-6-13-11(4-1)10-15-16(13)12-5-3-8-14-9-7-12/h1-2,4,6,10,12,14H,3,5,7-9H2. The first-order valence-electron chi connectivity index (χ1n) is 6.08. The lowest BCUT2D eigenvalue weighted by Gasteiger charge is -2.15. The fourth-order valence-corrected chi connectivity index (χ4v) is 2.53. The molecule has 2 aromatic rings. The largest absolute Gasteiger partial charge is 0.317 e. The average Bonchev–Trinajstić information content (AvgIpc) is 2.57. The molecule has 1 unspecified atom stereocenters. The van der Waals surface area contributed by atoms with Gasteiger partial charge in [-0.25, -0.2) is 0 Å². The summed E-state index contributed by atoms with van der Waals surface area (Å²) in [4.78, 5) is 0. The Bertz CT molecular complexity index is 467. The summed E-state index contributed by atoms with van der Waals surface area (Å²) in [6.45, 7) is 2.26. The quantitative estimate of drug-likeness (QED) is 0.791. The molecule has 1 atom stereocenters. The Hall–Kier alpha value is -1.35. The number of hydrogen-bond donors (Lipinski definition) is 1. The lowest BCUT2D eigenvalue weighted by molar-refractivity contribution is 0.426. The number of fused-ring (bicyclic) bond motifs is 1. The highest BCUT2D eigenvalue weighted by Gasteiger charge is 2.16. The van der Waals surface area contributed by atoms with E-state index in [9.17, 15) is 0 Å². The molecule has 1 saturated heterocycles. The van der Waals surface area contributed by atoms with Crippen LogP contribution in [-0.2, 0) is 0 Å². The average molecular weight is 215 g/mol. The van der Waals surface area contributed by atoms with E-state index in [0.717, 1.165) is 13.1 Å². The summed E-state index contributed by atoms with van der Waals surface area (Å²) in [5.41, 5.74) is 1.27. The van der Waals surface area contributed by atoms with Crippen LogP contribution in [0.3, 0.4) is 0 Å². The molecule has 0 radical (unpaired) electrons. The van der Waals surface area contributed by atoms with Crippen molar-refractivity contribution in [1.29, 1.82) is 0 Å². The molecule has 3 heteroatoms. The van der Waals surface area contributed by atoms with Crippen LogP contribution >= 0.6 is 0 Å². The van der Waals surface area contributed by atoms with Gasteiger partial charge in [0.25, 0.3) is 0 Å². The summed E-state index contributed by atoms with van der Waals surface area (Å²) >= 11 is 0. The van der Waals surface area contributed by atoms with Crippen LogP contribution in [0, 0.1) is 0 Å². The fourth-order valence-electron chi connectivity index (χ4n) is 2.53. The maximum Gasteiger partial charge on any atom is 0.0685 e.